The lowest BCUT2D eigenvalue weighted by atomic mass is 10.1. The van der Waals surface area contributed by atoms with Gasteiger partial charge in [-0.05, 0) is 62.1 Å². The molecule has 0 radical (unpaired) electrons. The molecule has 2 heterocycles. The third-order valence-corrected chi connectivity index (χ3v) is 6.65. The van der Waals surface area contributed by atoms with Gasteiger partial charge in [-0.15, -0.1) is 0 Å². The number of benzene rings is 2. The van der Waals surface area contributed by atoms with Gasteiger partial charge < -0.3 is 5.32 Å². The fourth-order valence-corrected chi connectivity index (χ4v) is 4.86. The summed E-state index contributed by atoms with van der Waals surface area (Å²) in [5.74, 6) is -0.223. The summed E-state index contributed by atoms with van der Waals surface area (Å²) in [6.07, 6.45) is 1.23. The maximum Gasteiger partial charge on any atom is 0.238 e. The van der Waals surface area contributed by atoms with E-state index in [1.807, 2.05) is 49.6 Å². The van der Waals surface area contributed by atoms with Gasteiger partial charge in [0.05, 0.1) is 10.4 Å². The van der Waals surface area contributed by atoms with Gasteiger partial charge in [-0.1, -0.05) is 25.1 Å². The molecule has 1 amide bonds. The molecule has 0 aliphatic rings. The Morgan fingerprint density at radius 3 is 2.62 bits per heavy atom. The number of aromatic nitrogens is 3. The van der Waals surface area contributed by atoms with Gasteiger partial charge in [-0.3, -0.25) is 4.79 Å². The highest BCUT2D eigenvalue weighted by atomic mass is 32.2. The van der Waals surface area contributed by atoms with Crippen LogP contribution in [0.4, 0.5) is 5.69 Å². The van der Waals surface area contributed by atoms with E-state index in [-0.39, 0.29) is 17.2 Å². The normalized spacial score (nSPS) is 11.9. The van der Waals surface area contributed by atoms with Crippen molar-refractivity contribution in [1.82, 2.24) is 14.6 Å². The molecule has 0 fully saturated rings. The van der Waals surface area contributed by atoms with Crippen molar-refractivity contribution in [3.05, 3.63) is 65.0 Å². The minimum atomic E-state index is -3.87. The molecule has 4 aromatic rings. The molecule has 3 N–H and O–H groups in total. The lowest BCUT2D eigenvalue weighted by Gasteiger charge is -2.12. The summed E-state index contributed by atoms with van der Waals surface area (Å²) in [6.45, 7) is 5.76. The lowest BCUT2D eigenvalue weighted by molar-refractivity contribution is -0.116. The molecule has 8 nitrogen and oxygen atoms in total. The van der Waals surface area contributed by atoms with Crippen LogP contribution in [0.1, 0.15) is 35.9 Å². The van der Waals surface area contributed by atoms with Crippen LogP contribution < -0.4 is 10.5 Å². The summed E-state index contributed by atoms with van der Waals surface area (Å²) < 4.78 is 25.5. The molecule has 9 heteroatoms. The smallest absolute Gasteiger partial charge is 0.238 e. The van der Waals surface area contributed by atoms with Crippen LogP contribution in [0.15, 0.2) is 47.4 Å². The average Bonchev–Trinajstić information content (AvgIpc) is 3.12. The first-order valence-electron chi connectivity index (χ1n) is 10.4. The highest BCUT2D eigenvalue weighted by Crippen LogP contribution is 2.24. The van der Waals surface area contributed by atoms with E-state index in [2.05, 4.69) is 10.4 Å². The van der Waals surface area contributed by atoms with Crippen molar-refractivity contribution in [3.63, 3.8) is 0 Å². The number of hydrogen-bond acceptors (Lipinski definition) is 5. The molecule has 0 spiro atoms. The highest BCUT2D eigenvalue weighted by Gasteiger charge is 2.17. The molecule has 0 saturated carbocycles. The Morgan fingerprint density at radius 2 is 1.91 bits per heavy atom. The van der Waals surface area contributed by atoms with E-state index in [0.29, 0.717) is 24.1 Å². The van der Waals surface area contributed by atoms with Gasteiger partial charge in [-0.25, -0.2) is 23.1 Å². The lowest BCUT2D eigenvalue weighted by Crippen LogP contribution is -2.17. The van der Waals surface area contributed by atoms with Crippen molar-refractivity contribution in [3.8, 4) is 0 Å². The average molecular weight is 452 g/mol. The van der Waals surface area contributed by atoms with Crippen LogP contribution in [0.5, 0.6) is 0 Å². The Hall–Kier alpha value is -3.30. The number of hydrogen-bond donors (Lipinski definition) is 2. The van der Waals surface area contributed by atoms with Crippen molar-refractivity contribution in [2.45, 2.75) is 44.9 Å². The van der Waals surface area contributed by atoms with Crippen molar-refractivity contribution in [2.24, 2.45) is 5.14 Å². The van der Waals surface area contributed by atoms with Crippen molar-refractivity contribution in [2.75, 3.05) is 5.32 Å². The summed E-state index contributed by atoms with van der Waals surface area (Å²) in [6, 6.07) is 12.6. The van der Waals surface area contributed by atoms with Gasteiger partial charge >= 0.3 is 0 Å². The van der Waals surface area contributed by atoms with Crippen LogP contribution in [0.25, 0.3) is 16.6 Å². The van der Waals surface area contributed by atoms with Crippen molar-refractivity contribution < 1.29 is 13.2 Å². The highest BCUT2D eigenvalue weighted by molar-refractivity contribution is 7.89. The Kier molecular flexibility index (Phi) is 5.70. The Morgan fingerprint density at radius 1 is 1.16 bits per heavy atom. The van der Waals surface area contributed by atoms with E-state index < -0.39 is 10.0 Å². The Labute approximate surface area is 186 Å². The molecule has 2 aromatic carbocycles. The van der Waals surface area contributed by atoms with Gasteiger partial charge in [0.25, 0.3) is 0 Å². The van der Waals surface area contributed by atoms with Crippen LogP contribution in [0.2, 0.25) is 0 Å². The molecule has 0 bridgehead atoms. The van der Waals surface area contributed by atoms with Crippen molar-refractivity contribution in [1.29, 1.82) is 0 Å². The largest absolute Gasteiger partial charge is 0.326 e. The quantitative estimate of drug-likeness (QED) is 0.466. The molecule has 0 atom stereocenters. The SMILES string of the molecule is CCc1ccc(NC(=O)CCc2c(C)nc3c4ccccc4nn3c2C)cc1S(N)(=O)=O. The van der Waals surface area contributed by atoms with E-state index in [4.69, 9.17) is 10.1 Å². The number of rotatable bonds is 6. The van der Waals surface area contributed by atoms with Gasteiger partial charge in [0.1, 0.15) is 0 Å². The first kappa shape index (κ1) is 21.9. The van der Waals surface area contributed by atoms with Crippen LogP contribution in [-0.4, -0.2) is 28.9 Å². The second-order valence-corrected chi connectivity index (χ2v) is 9.31. The number of primary sulfonamides is 1. The number of carbonyl (C=O) groups excluding carboxylic acids is 1. The fourth-order valence-electron chi connectivity index (χ4n) is 3.99. The zero-order valence-corrected chi connectivity index (χ0v) is 19.0. The molecule has 0 aliphatic carbocycles. The van der Waals surface area contributed by atoms with Gasteiger partial charge in [0.15, 0.2) is 5.65 Å². The van der Waals surface area contributed by atoms with Crippen LogP contribution in [0.3, 0.4) is 0 Å². The number of nitrogens with one attached hydrogen (secondary N) is 1. The number of anilines is 1. The molecule has 0 unspecified atom stereocenters. The number of fused-ring (bicyclic) bond motifs is 3. The molecule has 32 heavy (non-hydrogen) atoms. The number of carbonyl (C=O) groups is 1. The molecule has 4 rings (SSSR count). The Balaban J connectivity index is 1.55. The monoisotopic (exact) mass is 451 g/mol. The first-order chi connectivity index (χ1) is 15.2. The number of sulfonamides is 1. The number of aryl methyl sites for hydroxylation is 3. The summed E-state index contributed by atoms with van der Waals surface area (Å²) in [5.41, 5.74) is 5.46. The second kappa shape index (κ2) is 8.33. The molecular formula is C23H25N5O3S. The van der Waals surface area contributed by atoms with E-state index in [0.717, 1.165) is 33.5 Å². The standard InChI is InChI=1S/C23H25N5O3S/c1-4-16-9-10-17(13-21(16)32(24,30)31)26-22(29)12-11-18-14(2)25-23-19-7-5-6-8-20(19)27-28(23)15(18)3/h5-10,13H,4,11-12H2,1-3H3,(H,26,29)(H2,24,30,31). The molecule has 0 aliphatic heterocycles. The predicted octanol–water partition coefficient (Wildman–Crippen LogP) is 3.28. The minimum absolute atomic E-state index is 0.0323. The number of nitrogens with two attached hydrogens (primary N) is 1. The Bertz CT molecular complexity index is 1460. The second-order valence-electron chi connectivity index (χ2n) is 7.78. The van der Waals surface area contributed by atoms with Crippen LogP contribution >= 0.6 is 0 Å². The maximum absolute atomic E-state index is 12.6. The predicted molar refractivity (Wildman–Crippen MR) is 124 cm³/mol. The summed E-state index contributed by atoms with van der Waals surface area (Å²) in [4.78, 5) is 17.4. The van der Waals surface area contributed by atoms with E-state index in [1.165, 1.54) is 6.07 Å². The molecule has 166 valence electrons. The van der Waals surface area contributed by atoms with E-state index >= 15 is 0 Å². The third kappa shape index (κ3) is 4.09. The molecular weight excluding hydrogens is 426 g/mol. The molecule has 2 aromatic heterocycles. The fraction of sp³-hybridized carbons (Fsp3) is 0.261. The van der Waals surface area contributed by atoms with Gasteiger partial charge in [0, 0.05) is 28.9 Å². The zero-order valence-electron chi connectivity index (χ0n) is 18.2. The molecule has 0 saturated heterocycles. The zero-order chi connectivity index (χ0) is 23.0. The number of amides is 1. The van der Waals surface area contributed by atoms with Crippen LogP contribution in [0, 0.1) is 13.8 Å². The number of nitrogens with zero attached hydrogens (tertiary/aromatic N) is 3. The summed E-state index contributed by atoms with van der Waals surface area (Å²) >= 11 is 0. The topological polar surface area (TPSA) is 119 Å². The summed E-state index contributed by atoms with van der Waals surface area (Å²) in [5, 5.41) is 13.7. The van der Waals surface area contributed by atoms with Gasteiger partial charge in [-0.2, -0.15) is 5.10 Å². The minimum Gasteiger partial charge on any atom is -0.326 e. The third-order valence-electron chi connectivity index (χ3n) is 5.66. The van der Waals surface area contributed by atoms with E-state index in [9.17, 15) is 13.2 Å². The van der Waals surface area contributed by atoms with Crippen LogP contribution in [-0.2, 0) is 27.7 Å². The van der Waals surface area contributed by atoms with E-state index in [1.54, 1.807) is 12.1 Å². The summed E-state index contributed by atoms with van der Waals surface area (Å²) in [7, 11) is -3.87. The van der Waals surface area contributed by atoms with Crippen molar-refractivity contribution >= 4 is 38.2 Å². The van der Waals surface area contributed by atoms with Gasteiger partial charge in [0.2, 0.25) is 15.9 Å². The first-order valence-corrected chi connectivity index (χ1v) is 11.9. The maximum atomic E-state index is 12.6.